The molecule has 1 aromatic carbocycles. The van der Waals surface area contributed by atoms with E-state index in [0.717, 1.165) is 41.2 Å². The summed E-state index contributed by atoms with van der Waals surface area (Å²) in [5.74, 6) is 0.792. The van der Waals surface area contributed by atoms with Gasteiger partial charge in [0.05, 0.1) is 11.2 Å². The molecule has 2 atom stereocenters. The fourth-order valence-electron chi connectivity index (χ4n) is 3.36. The van der Waals surface area contributed by atoms with Crippen LogP contribution in [0.3, 0.4) is 0 Å². The van der Waals surface area contributed by atoms with Crippen molar-refractivity contribution in [1.82, 2.24) is 20.3 Å². The molecule has 0 amide bonds. The van der Waals surface area contributed by atoms with Crippen LogP contribution in [0, 0.1) is 0 Å². The smallest absolute Gasteiger partial charge is 0.225 e. The van der Waals surface area contributed by atoms with Gasteiger partial charge in [-0.25, -0.2) is 9.97 Å². The standard InChI is InChI=1S/C19H21N5/c1-13-11-24(12-14(2)22-13)19-20-8-7-18(23-19)16-9-15-5-3-4-6-17(15)21-10-16/h3-10,13-14,22H,11-12H2,1-2H3/t13-,14?/m0/s1. The van der Waals surface area contributed by atoms with E-state index in [4.69, 9.17) is 4.98 Å². The van der Waals surface area contributed by atoms with Crippen LogP contribution in [0.4, 0.5) is 5.95 Å². The molecular formula is C19H21N5. The molecule has 0 spiro atoms. The molecule has 3 aromatic rings. The van der Waals surface area contributed by atoms with Gasteiger partial charge in [0, 0.05) is 48.5 Å². The van der Waals surface area contributed by atoms with Crippen molar-refractivity contribution < 1.29 is 0 Å². The third kappa shape index (κ3) is 2.95. The molecule has 0 bridgehead atoms. The van der Waals surface area contributed by atoms with Crippen LogP contribution < -0.4 is 10.2 Å². The molecule has 1 fully saturated rings. The van der Waals surface area contributed by atoms with Crippen LogP contribution in [0.25, 0.3) is 22.2 Å². The number of anilines is 1. The normalized spacial score (nSPS) is 21.2. The first-order valence-electron chi connectivity index (χ1n) is 8.38. The molecule has 4 rings (SSSR count). The van der Waals surface area contributed by atoms with E-state index in [-0.39, 0.29) is 0 Å². The van der Waals surface area contributed by atoms with Crippen molar-refractivity contribution in [3.63, 3.8) is 0 Å². The minimum atomic E-state index is 0.434. The molecule has 24 heavy (non-hydrogen) atoms. The number of nitrogens with one attached hydrogen (secondary N) is 1. The van der Waals surface area contributed by atoms with Crippen LogP contribution in [0.1, 0.15) is 13.8 Å². The van der Waals surface area contributed by atoms with E-state index >= 15 is 0 Å². The van der Waals surface area contributed by atoms with Gasteiger partial charge in [-0.05, 0) is 32.0 Å². The van der Waals surface area contributed by atoms with Gasteiger partial charge in [-0.15, -0.1) is 0 Å². The number of fused-ring (bicyclic) bond motifs is 1. The van der Waals surface area contributed by atoms with Gasteiger partial charge in [0.1, 0.15) is 0 Å². The van der Waals surface area contributed by atoms with E-state index in [1.54, 1.807) is 0 Å². The Hall–Kier alpha value is -2.53. The zero-order valence-corrected chi connectivity index (χ0v) is 14.0. The van der Waals surface area contributed by atoms with Crippen LogP contribution in [-0.2, 0) is 0 Å². The fourth-order valence-corrected chi connectivity index (χ4v) is 3.36. The molecular weight excluding hydrogens is 298 g/mol. The highest BCUT2D eigenvalue weighted by Gasteiger charge is 2.23. The summed E-state index contributed by atoms with van der Waals surface area (Å²) in [5, 5.41) is 4.66. The maximum Gasteiger partial charge on any atom is 0.225 e. The predicted molar refractivity (Wildman–Crippen MR) is 97.0 cm³/mol. The van der Waals surface area contributed by atoms with Gasteiger partial charge in [0.25, 0.3) is 0 Å². The lowest BCUT2D eigenvalue weighted by Gasteiger charge is -2.36. The lowest BCUT2D eigenvalue weighted by molar-refractivity contribution is 0.403. The van der Waals surface area contributed by atoms with E-state index in [2.05, 4.69) is 46.2 Å². The highest BCUT2D eigenvalue weighted by Crippen LogP contribution is 2.23. The number of rotatable bonds is 2. The van der Waals surface area contributed by atoms with Crippen molar-refractivity contribution in [2.45, 2.75) is 25.9 Å². The quantitative estimate of drug-likeness (QED) is 0.787. The van der Waals surface area contributed by atoms with Gasteiger partial charge in [0.2, 0.25) is 5.95 Å². The summed E-state index contributed by atoms with van der Waals surface area (Å²) in [6.07, 6.45) is 3.72. The van der Waals surface area contributed by atoms with Crippen LogP contribution >= 0.6 is 0 Å². The average molecular weight is 319 g/mol. The first-order chi connectivity index (χ1) is 11.7. The fraction of sp³-hybridized carbons (Fsp3) is 0.316. The van der Waals surface area contributed by atoms with Gasteiger partial charge in [-0.3, -0.25) is 4.98 Å². The second-order valence-corrected chi connectivity index (χ2v) is 6.53. The summed E-state index contributed by atoms with van der Waals surface area (Å²) in [4.78, 5) is 16.1. The van der Waals surface area contributed by atoms with Crippen LogP contribution in [0.2, 0.25) is 0 Å². The zero-order valence-electron chi connectivity index (χ0n) is 14.0. The van der Waals surface area contributed by atoms with Crippen molar-refractivity contribution in [3.8, 4) is 11.3 Å². The highest BCUT2D eigenvalue weighted by atomic mass is 15.3. The topological polar surface area (TPSA) is 53.9 Å². The first kappa shape index (κ1) is 15.0. The Balaban J connectivity index is 1.68. The summed E-state index contributed by atoms with van der Waals surface area (Å²) in [6, 6.07) is 13.1. The minimum absolute atomic E-state index is 0.434. The molecule has 0 aliphatic carbocycles. The number of hydrogen-bond donors (Lipinski definition) is 1. The number of aromatic nitrogens is 3. The van der Waals surface area contributed by atoms with E-state index in [9.17, 15) is 0 Å². The van der Waals surface area contributed by atoms with Gasteiger partial charge in [-0.2, -0.15) is 0 Å². The maximum atomic E-state index is 4.79. The second kappa shape index (κ2) is 6.17. The number of pyridine rings is 1. The van der Waals surface area contributed by atoms with Gasteiger partial charge in [0.15, 0.2) is 0 Å². The number of para-hydroxylation sites is 1. The summed E-state index contributed by atoms with van der Waals surface area (Å²) in [5.41, 5.74) is 2.94. The Kier molecular flexibility index (Phi) is 3.86. The predicted octanol–water partition coefficient (Wildman–Crippen LogP) is 2.88. The number of hydrogen-bond acceptors (Lipinski definition) is 5. The second-order valence-electron chi connectivity index (χ2n) is 6.53. The van der Waals surface area contributed by atoms with Gasteiger partial charge >= 0.3 is 0 Å². The van der Waals surface area contributed by atoms with Crippen molar-refractivity contribution in [1.29, 1.82) is 0 Å². The monoisotopic (exact) mass is 319 g/mol. The van der Waals surface area contributed by atoms with Crippen molar-refractivity contribution >= 4 is 16.9 Å². The Morgan fingerprint density at radius 2 is 1.83 bits per heavy atom. The molecule has 1 saturated heterocycles. The summed E-state index contributed by atoms with van der Waals surface area (Å²) in [6.45, 7) is 6.23. The largest absolute Gasteiger partial charge is 0.338 e. The molecule has 5 heteroatoms. The molecule has 5 nitrogen and oxygen atoms in total. The van der Waals surface area contributed by atoms with E-state index in [0.29, 0.717) is 12.1 Å². The van der Waals surface area contributed by atoms with Crippen molar-refractivity contribution in [2.24, 2.45) is 0 Å². The van der Waals surface area contributed by atoms with Gasteiger partial charge < -0.3 is 10.2 Å². The first-order valence-corrected chi connectivity index (χ1v) is 8.38. The molecule has 1 unspecified atom stereocenters. The average Bonchev–Trinajstić information content (AvgIpc) is 2.60. The van der Waals surface area contributed by atoms with Gasteiger partial charge in [-0.1, -0.05) is 18.2 Å². The molecule has 1 aliphatic heterocycles. The lowest BCUT2D eigenvalue weighted by atomic mass is 10.1. The molecule has 0 radical (unpaired) electrons. The molecule has 2 aromatic heterocycles. The highest BCUT2D eigenvalue weighted by molar-refractivity contribution is 5.82. The third-order valence-corrected chi connectivity index (χ3v) is 4.37. The Morgan fingerprint density at radius 3 is 2.67 bits per heavy atom. The minimum Gasteiger partial charge on any atom is -0.338 e. The van der Waals surface area contributed by atoms with E-state index in [1.165, 1.54) is 0 Å². The van der Waals surface area contributed by atoms with Crippen LogP contribution in [-0.4, -0.2) is 40.1 Å². The number of nitrogens with zero attached hydrogens (tertiary/aromatic N) is 4. The molecule has 3 heterocycles. The van der Waals surface area contributed by atoms with Crippen molar-refractivity contribution in [2.75, 3.05) is 18.0 Å². The Labute approximate surface area is 141 Å². The third-order valence-electron chi connectivity index (χ3n) is 4.37. The molecule has 122 valence electrons. The van der Waals surface area contributed by atoms with E-state index < -0.39 is 0 Å². The number of benzene rings is 1. The summed E-state index contributed by atoms with van der Waals surface area (Å²) >= 11 is 0. The van der Waals surface area contributed by atoms with Crippen molar-refractivity contribution in [3.05, 3.63) is 48.8 Å². The van der Waals surface area contributed by atoms with Crippen LogP contribution in [0.5, 0.6) is 0 Å². The summed E-state index contributed by atoms with van der Waals surface area (Å²) in [7, 11) is 0. The molecule has 1 aliphatic rings. The number of piperazine rings is 1. The molecule has 1 N–H and O–H groups in total. The Bertz CT molecular complexity index is 853. The Morgan fingerprint density at radius 1 is 1.04 bits per heavy atom. The zero-order chi connectivity index (χ0) is 16.5. The maximum absolute atomic E-state index is 4.79. The molecule has 0 saturated carbocycles. The lowest BCUT2D eigenvalue weighted by Crippen LogP contribution is -2.54. The SMILES string of the molecule is CC1CN(c2nccc(-c3cnc4ccccc4c3)n2)C[C@H](C)N1. The van der Waals surface area contributed by atoms with Crippen LogP contribution in [0.15, 0.2) is 48.8 Å². The summed E-state index contributed by atoms with van der Waals surface area (Å²) < 4.78 is 0. The van der Waals surface area contributed by atoms with E-state index in [1.807, 2.05) is 36.7 Å².